The Morgan fingerprint density at radius 2 is 1.76 bits per heavy atom. The third kappa shape index (κ3) is 4.80. The smallest absolute Gasteiger partial charge is 0.0434 e. The number of anilines is 2. The maximum atomic E-state index is 8.89. The highest BCUT2D eigenvalue weighted by molar-refractivity contribution is 5.49. The van der Waals surface area contributed by atoms with Gasteiger partial charge in [0.05, 0.1) is 0 Å². The maximum absolute atomic E-state index is 8.89. The van der Waals surface area contributed by atoms with Gasteiger partial charge in [0.15, 0.2) is 0 Å². The Bertz CT molecular complexity index is 549. The Labute approximate surface area is 127 Å². The molecular weight excluding hydrogens is 260 g/mol. The highest BCUT2D eigenvalue weighted by Crippen LogP contribution is 2.16. The predicted octanol–water partition coefficient (Wildman–Crippen LogP) is 3.29. The molecule has 0 amide bonds. The Kier molecular flexibility index (Phi) is 5.64. The van der Waals surface area contributed by atoms with Crippen molar-refractivity contribution in [2.45, 2.75) is 19.4 Å². The number of aliphatic hydroxyl groups excluding tert-OH is 1. The molecule has 21 heavy (non-hydrogen) atoms. The quantitative estimate of drug-likeness (QED) is 0.819. The molecule has 0 spiro atoms. The topological polar surface area (TPSA) is 35.5 Å². The minimum atomic E-state index is 0.246. The van der Waals surface area contributed by atoms with E-state index in [0.717, 1.165) is 25.1 Å². The molecule has 0 radical (unpaired) electrons. The first-order valence-electron chi connectivity index (χ1n) is 7.39. The zero-order valence-electron chi connectivity index (χ0n) is 12.8. The number of nitrogens with zero attached hydrogens (tertiary/aromatic N) is 1. The summed E-state index contributed by atoms with van der Waals surface area (Å²) in [6.07, 6.45) is 1.74. The van der Waals surface area contributed by atoms with Crippen LogP contribution in [0, 0.1) is 0 Å². The maximum Gasteiger partial charge on any atom is 0.0434 e. The van der Waals surface area contributed by atoms with Gasteiger partial charge in [0.2, 0.25) is 0 Å². The van der Waals surface area contributed by atoms with E-state index in [2.05, 4.69) is 58.7 Å². The molecule has 0 aliphatic carbocycles. The van der Waals surface area contributed by atoms with Crippen LogP contribution >= 0.6 is 0 Å². The first kappa shape index (κ1) is 15.4. The van der Waals surface area contributed by atoms with E-state index in [1.165, 1.54) is 16.8 Å². The summed E-state index contributed by atoms with van der Waals surface area (Å²) < 4.78 is 0. The van der Waals surface area contributed by atoms with Crippen molar-refractivity contribution in [1.29, 1.82) is 0 Å². The van der Waals surface area contributed by atoms with Gasteiger partial charge in [-0.1, -0.05) is 24.3 Å². The van der Waals surface area contributed by atoms with Crippen molar-refractivity contribution in [3.63, 3.8) is 0 Å². The van der Waals surface area contributed by atoms with Gasteiger partial charge < -0.3 is 15.3 Å². The van der Waals surface area contributed by atoms with Crippen LogP contribution in [0.5, 0.6) is 0 Å². The molecule has 0 aromatic heterocycles. The zero-order valence-corrected chi connectivity index (χ0v) is 12.8. The number of benzene rings is 2. The minimum Gasteiger partial charge on any atom is -0.396 e. The van der Waals surface area contributed by atoms with Crippen LogP contribution in [0.3, 0.4) is 0 Å². The molecule has 0 heterocycles. The molecule has 0 unspecified atom stereocenters. The summed E-state index contributed by atoms with van der Waals surface area (Å²) in [6, 6.07) is 17.0. The van der Waals surface area contributed by atoms with Gasteiger partial charge in [-0.3, -0.25) is 0 Å². The van der Waals surface area contributed by atoms with Crippen molar-refractivity contribution in [2.24, 2.45) is 0 Å². The molecule has 2 rings (SSSR count). The van der Waals surface area contributed by atoms with Crippen molar-refractivity contribution >= 4 is 11.4 Å². The Morgan fingerprint density at radius 3 is 2.43 bits per heavy atom. The van der Waals surface area contributed by atoms with Crippen molar-refractivity contribution in [3.05, 3.63) is 59.7 Å². The average Bonchev–Trinajstić information content (AvgIpc) is 2.52. The lowest BCUT2D eigenvalue weighted by Gasteiger charge is -2.13. The highest BCUT2D eigenvalue weighted by Gasteiger charge is 1.99. The fourth-order valence-corrected chi connectivity index (χ4v) is 2.24. The van der Waals surface area contributed by atoms with Gasteiger partial charge in [0.1, 0.15) is 0 Å². The van der Waals surface area contributed by atoms with Crippen molar-refractivity contribution in [1.82, 2.24) is 0 Å². The first-order valence-corrected chi connectivity index (χ1v) is 7.39. The summed E-state index contributed by atoms with van der Waals surface area (Å²) in [5.74, 6) is 0. The van der Waals surface area contributed by atoms with E-state index in [-0.39, 0.29) is 6.61 Å². The molecule has 3 nitrogen and oxygen atoms in total. The standard InChI is InChI=1S/C18H24N2O/c1-20(2)18-10-8-16(9-11-18)14-19-17-7-3-5-15(13-17)6-4-12-21/h3,5,7-11,13,19,21H,4,6,12,14H2,1-2H3. The summed E-state index contributed by atoms with van der Waals surface area (Å²) in [7, 11) is 4.09. The number of hydrogen-bond donors (Lipinski definition) is 2. The second kappa shape index (κ2) is 7.70. The third-order valence-electron chi connectivity index (χ3n) is 3.50. The van der Waals surface area contributed by atoms with Crippen LogP contribution in [0.2, 0.25) is 0 Å². The van der Waals surface area contributed by atoms with E-state index in [0.29, 0.717) is 0 Å². The molecule has 0 aliphatic heterocycles. The number of hydrogen-bond acceptors (Lipinski definition) is 3. The van der Waals surface area contributed by atoms with Crippen LogP contribution in [0.25, 0.3) is 0 Å². The van der Waals surface area contributed by atoms with E-state index in [4.69, 9.17) is 5.11 Å². The molecule has 0 saturated heterocycles. The largest absolute Gasteiger partial charge is 0.396 e. The lowest BCUT2D eigenvalue weighted by molar-refractivity contribution is 0.288. The molecule has 0 bridgehead atoms. The fourth-order valence-electron chi connectivity index (χ4n) is 2.24. The normalized spacial score (nSPS) is 10.4. The third-order valence-corrected chi connectivity index (χ3v) is 3.50. The van der Waals surface area contributed by atoms with Crippen molar-refractivity contribution in [2.75, 3.05) is 30.9 Å². The lowest BCUT2D eigenvalue weighted by Crippen LogP contribution is -2.08. The van der Waals surface area contributed by atoms with Crippen LogP contribution in [0.1, 0.15) is 17.5 Å². The second-order valence-corrected chi connectivity index (χ2v) is 5.44. The van der Waals surface area contributed by atoms with Crippen molar-refractivity contribution < 1.29 is 5.11 Å². The molecule has 2 N–H and O–H groups in total. The Morgan fingerprint density at radius 1 is 1.00 bits per heavy atom. The van der Waals surface area contributed by atoms with Gasteiger partial charge in [-0.15, -0.1) is 0 Å². The minimum absolute atomic E-state index is 0.246. The molecule has 0 saturated carbocycles. The second-order valence-electron chi connectivity index (χ2n) is 5.44. The predicted molar refractivity (Wildman–Crippen MR) is 89.9 cm³/mol. The number of rotatable bonds is 7. The van der Waals surface area contributed by atoms with Crippen LogP contribution in [0.15, 0.2) is 48.5 Å². The summed E-state index contributed by atoms with van der Waals surface area (Å²) >= 11 is 0. The molecule has 2 aromatic carbocycles. The summed E-state index contributed by atoms with van der Waals surface area (Å²) in [5, 5.41) is 12.3. The monoisotopic (exact) mass is 284 g/mol. The zero-order chi connectivity index (χ0) is 15.1. The van der Waals surface area contributed by atoms with Crippen LogP contribution in [-0.2, 0) is 13.0 Å². The molecular formula is C18H24N2O. The highest BCUT2D eigenvalue weighted by atomic mass is 16.2. The fraction of sp³-hybridized carbons (Fsp3) is 0.333. The lowest BCUT2D eigenvalue weighted by atomic mass is 10.1. The number of aliphatic hydroxyl groups is 1. The van der Waals surface area contributed by atoms with Gasteiger partial charge in [-0.25, -0.2) is 0 Å². The van der Waals surface area contributed by atoms with Gasteiger partial charge in [0, 0.05) is 38.6 Å². The molecule has 0 aliphatic rings. The van der Waals surface area contributed by atoms with E-state index in [1.54, 1.807) is 0 Å². The van der Waals surface area contributed by atoms with Gasteiger partial charge >= 0.3 is 0 Å². The first-order chi connectivity index (χ1) is 10.2. The van der Waals surface area contributed by atoms with Gasteiger partial charge in [-0.2, -0.15) is 0 Å². The molecule has 2 aromatic rings. The van der Waals surface area contributed by atoms with E-state index < -0.39 is 0 Å². The average molecular weight is 284 g/mol. The number of nitrogens with one attached hydrogen (secondary N) is 1. The SMILES string of the molecule is CN(C)c1ccc(CNc2cccc(CCCO)c2)cc1. The van der Waals surface area contributed by atoms with Crippen LogP contribution in [0.4, 0.5) is 11.4 Å². The van der Waals surface area contributed by atoms with Crippen LogP contribution in [-0.4, -0.2) is 25.8 Å². The van der Waals surface area contributed by atoms with Gasteiger partial charge in [0.25, 0.3) is 0 Å². The molecule has 112 valence electrons. The Hall–Kier alpha value is -2.00. The number of aryl methyl sites for hydroxylation is 1. The van der Waals surface area contributed by atoms with Crippen molar-refractivity contribution in [3.8, 4) is 0 Å². The molecule has 0 fully saturated rings. The summed E-state index contributed by atoms with van der Waals surface area (Å²) in [6.45, 7) is 1.06. The molecule has 3 heteroatoms. The summed E-state index contributed by atoms with van der Waals surface area (Å²) in [5.41, 5.74) is 4.87. The van der Waals surface area contributed by atoms with Gasteiger partial charge in [-0.05, 0) is 48.2 Å². The van der Waals surface area contributed by atoms with E-state index >= 15 is 0 Å². The Balaban J connectivity index is 1.93. The molecule has 0 atom stereocenters. The van der Waals surface area contributed by atoms with Crippen LogP contribution < -0.4 is 10.2 Å². The van der Waals surface area contributed by atoms with E-state index in [1.807, 2.05) is 14.1 Å². The summed E-state index contributed by atoms with van der Waals surface area (Å²) in [4.78, 5) is 2.10. The van der Waals surface area contributed by atoms with E-state index in [9.17, 15) is 0 Å².